The maximum atomic E-state index is 0. The molecule has 36 valence electrons. The molecule has 6 heavy (non-hydrogen) atoms. The van der Waals surface area contributed by atoms with Gasteiger partial charge in [-0.05, 0) is 0 Å². The Kier molecular flexibility index (Phi) is 535. The Morgan fingerprint density at radius 1 is 0.833 bits per heavy atom. The number of hydrogen-bond acceptors (Lipinski definition) is 0. The van der Waals surface area contributed by atoms with Crippen LogP contribution in [0.1, 0.15) is 4.28 Å². The van der Waals surface area contributed by atoms with E-state index in [1.165, 1.54) is 0 Å². The largest absolute Gasteiger partial charge is 2.00 e. The van der Waals surface area contributed by atoms with E-state index in [2.05, 4.69) is 0 Å². The van der Waals surface area contributed by atoms with Crippen molar-refractivity contribution in [2.45, 2.75) is 0 Å². The summed E-state index contributed by atoms with van der Waals surface area (Å²) >= 11 is 0. The fourth-order valence-electron chi connectivity index (χ4n) is 0. The predicted octanol–water partition coefficient (Wildman–Crippen LogP) is -2.96. The Labute approximate surface area is 99.7 Å². The summed E-state index contributed by atoms with van der Waals surface area (Å²) in [4.78, 5) is 0. The van der Waals surface area contributed by atoms with Gasteiger partial charge in [-0.25, -0.2) is 0 Å². The molecular weight excluding hydrogens is 165 g/mol. The standard InChI is InChI=1S/Al.3ClH.Li.Mg.6H/h;3*1H;;;;;;;;/q;;;;+1;+2;;;;3*-1. The molecule has 0 N–H and O–H groups in total. The van der Waals surface area contributed by atoms with Crippen LogP contribution in [0.25, 0.3) is 0 Å². The monoisotopic (exact) mass is 172 g/mol. The summed E-state index contributed by atoms with van der Waals surface area (Å²) in [6, 6.07) is 0. The van der Waals surface area contributed by atoms with Gasteiger partial charge in [0.25, 0.3) is 0 Å². The molecule has 0 aliphatic carbocycles. The van der Waals surface area contributed by atoms with Crippen molar-refractivity contribution in [3.8, 4) is 0 Å². The molecule has 0 rings (SSSR count). The fourth-order valence-corrected chi connectivity index (χ4v) is 0. The van der Waals surface area contributed by atoms with E-state index in [4.69, 9.17) is 0 Å². The van der Waals surface area contributed by atoms with Crippen molar-refractivity contribution >= 4 is 77.6 Å². The predicted molar refractivity (Wildman–Crippen MR) is 40.8 cm³/mol. The van der Waals surface area contributed by atoms with Gasteiger partial charge in [0.05, 0.1) is 0 Å². The van der Waals surface area contributed by atoms with Crippen LogP contribution < -0.4 is 18.9 Å². The van der Waals surface area contributed by atoms with Crippen LogP contribution in [0.15, 0.2) is 0 Å². The van der Waals surface area contributed by atoms with Gasteiger partial charge in [-0.2, -0.15) is 0 Å². The zero-order valence-electron chi connectivity index (χ0n) is 5.93. The molecule has 6 heteroatoms. The van der Waals surface area contributed by atoms with Crippen molar-refractivity contribution in [1.29, 1.82) is 0 Å². The van der Waals surface area contributed by atoms with Crippen molar-refractivity contribution in [2.24, 2.45) is 0 Å². The van der Waals surface area contributed by atoms with Crippen molar-refractivity contribution in [3.63, 3.8) is 0 Å². The summed E-state index contributed by atoms with van der Waals surface area (Å²) in [5.74, 6) is 0. The molecule has 0 spiro atoms. The van der Waals surface area contributed by atoms with E-state index in [1.54, 1.807) is 0 Å². The molecule has 0 fully saturated rings. The molecule has 0 saturated carbocycles. The number of halogens is 3. The first-order valence-electron chi connectivity index (χ1n) is 0. The van der Waals surface area contributed by atoms with Crippen LogP contribution in [0.4, 0.5) is 0 Å². The average molecular weight is 174 g/mol. The first-order chi connectivity index (χ1) is 0. The Hall–Kier alpha value is 2.77. The first kappa shape index (κ1) is 69.1. The molecule has 0 aliphatic heterocycles. The molecule has 0 aromatic heterocycles. The van der Waals surface area contributed by atoms with Gasteiger partial charge in [0.1, 0.15) is 0 Å². The average Bonchev–Trinajstić information content (AvgIpc) is 0. The second-order valence-corrected chi connectivity index (χ2v) is 0. The third-order valence-electron chi connectivity index (χ3n) is 0. The van der Waals surface area contributed by atoms with E-state index in [-0.39, 0.29) is 101 Å². The van der Waals surface area contributed by atoms with Gasteiger partial charge in [-0.1, -0.05) is 0 Å². The maximum Gasteiger partial charge on any atom is 2.00 e. The molecule has 0 heterocycles. The van der Waals surface area contributed by atoms with Crippen LogP contribution in [0.2, 0.25) is 0 Å². The van der Waals surface area contributed by atoms with Crippen molar-refractivity contribution in [1.82, 2.24) is 0 Å². The van der Waals surface area contributed by atoms with Crippen LogP contribution in [-0.2, 0) is 0 Å². The van der Waals surface area contributed by atoms with Crippen molar-refractivity contribution in [2.75, 3.05) is 0 Å². The minimum atomic E-state index is 0. The first-order valence-corrected chi connectivity index (χ1v) is 0. The van der Waals surface area contributed by atoms with E-state index in [1.807, 2.05) is 0 Å². The molecule has 0 nitrogen and oxygen atoms in total. The Morgan fingerprint density at radius 2 is 0.833 bits per heavy atom. The second kappa shape index (κ2) is 46.5. The summed E-state index contributed by atoms with van der Waals surface area (Å²) in [6.45, 7) is 0. The maximum absolute atomic E-state index is 0. The van der Waals surface area contributed by atoms with Crippen LogP contribution in [0.5, 0.6) is 0 Å². The molecule has 0 saturated heterocycles. The zero-order chi connectivity index (χ0) is 0. The third kappa shape index (κ3) is 29.4. The number of rotatable bonds is 0. The van der Waals surface area contributed by atoms with Gasteiger partial charge < -0.3 is 4.28 Å². The van der Waals surface area contributed by atoms with Gasteiger partial charge in [0.15, 0.2) is 17.4 Å². The van der Waals surface area contributed by atoms with Crippen LogP contribution >= 0.6 is 37.2 Å². The van der Waals surface area contributed by atoms with Gasteiger partial charge in [-0.3, -0.25) is 0 Å². The van der Waals surface area contributed by atoms with Crippen LogP contribution in [-0.4, -0.2) is 40.4 Å². The number of hydrogen-bond donors (Lipinski definition) is 0. The smallest absolute Gasteiger partial charge is 1.00 e. The normalized spacial score (nSPS) is 0. The quantitative estimate of drug-likeness (QED) is 0.344. The van der Waals surface area contributed by atoms with Crippen molar-refractivity contribution < 1.29 is 23.1 Å². The van der Waals surface area contributed by atoms with Crippen molar-refractivity contribution in [3.05, 3.63) is 0 Å². The molecule has 0 aliphatic rings. The Bertz CT molecular complexity index is 19.0. The van der Waals surface area contributed by atoms with Gasteiger partial charge >= 0.3 is 41.9 Å². The van der Waals surface area contributed by atoms with E-state index < -0.39 is 0 Å². The molecular formula is H9AlCl3LiMg. The molecule has 0 unspecified atom stereocenters. The van der Waals surface area contributed by atoms with E-state index in [9.17, 15) is 0 Å². The SMILES string of the molecule is Cl.Cl.Cl.[AlH3].[H-].[H-].[H-].[Li+].[Mg+2]. The van der Waals surface area contributed by atoms with Gasteiger partial charge in [-0.15, -0.1) is 37.2 Å². The van der Waals surface area contributed by atoms with Crippen LogP contribution in [0.3, 0.4) is 0 Å². The van der Waals surface area contributed by atoms with Gasteiger partial charge in [0, 0.05) is 0 Å². The third-order valence-corrected chi connectivity index (χ3v) is 0. The van der Waals surface area contributed by atoms with E-state index in [0.29, 0.717) is 0 Å². The Morgan fingerprint density at radius 3 is 0.833 bits per heavy atom. The summed E-state index contributed by atoms with van der Waals surface area (Å²) in [5, 5.41) is 0. The molecule has 0 radical (unpaired) electrons. The molecule has 0 aromatic carbocycles. The fraction of sp³-hybridized carbons (Fsp3) is 0. The summed E-state index contributed by atoms with van der Waals surface area (Å²) in [5.41, 5.74) is 0. The van der Waals surface area contributed by atoms with E-state index >= 15 is 0 Å². The minimum Gasteiger partial charge on any atom is -1.00 e. The molecule has 0 amide bonds. The van der Waals surface area contributed by atoms with E-state index in [0.717, 1.165) is 0 Å². The molecule has 0 aromatic rings. The van der Waals surface area contributed by atoms with Crippen LogP contribution in [0, 0.1) is 0 Å². The second-order valence-electron chi connectivity index (χ2n) is 0. The molecule has 0 atom stereocenters. The summed E-state index contributed by atoms with van der Waals surface area (Å²) in [6.07, 6.45) is 0. The summed E-state index contributed by atoms with van der Waals surface area (Å²) < 4.78 is 0. The minimum absolute atomic E-state index is 0. The topological polar surface area (TPSA) is 0 Å². The summed E-state index contributed by atoms with van der Waals surface area (Å²) in [7, 11) is 0. The Balaban J connectivity index is 0. The zero-order valence-corrected chi connectivity index (χ0v) is 6.80. The van der Waals surface area contributed by atoms with Gasteiger partial charge in [0.2, 0.25) is 0 Å². The molecule has 0 bridgehead atoms.